The molecule has 2 aromatic carbocycles. The molecule has 0 radical (unpaired) electrons. The fraction of sp³-hybridized carbons (Fsp3) is 0.320. The molecule has 1 aromatic heterocycles. The van der Waals surface area contributed by atoms with Gasteiger partial charge >= 0.3 is 0 Å². The van der Waals surface area contributed by atoms with Crippen LogP contribution >= 0.6 is 0 Å². The van der Waals surface area contributed by atoms with Gasteiger partial charge < -0.3 is 21.1 Å². The Bertz CT molecular complexity index is 1140. The number of hydrogen-bond acceptors (Lipinski definition) is 6. The number of nitrogens with zero attached hydrogens (tertiary/aromatic N) is 2. The number of nitrogens with one attached hydrogen (secondary N) is 3. The Labute approximate surface area is 198 Å². The zero-order valence-electron chi connectivity index (χ0n) is 19.2. The number of para-hydroxylation sites is 2. The number of hydrogen-bond donors (Lipinski definition) is 4. The van der Waals surface area contributed by atoms with Gasteiger partial charge in [-0.15, -0.1) is 0 Å². The molecule has 0 spiro atoms. The molecule has 3 rings (SSSR count). The topological polar surface area (TPSA) is 133 Å². The van der Waals surface area contributed by atoms with E-state index in [1.807, 2.05) is 42.5 Å². The molecule has 0 saturated heterocycles. The monoisotopic (exact) mass is 463 g/mol. The molecule has 3 amide bonds. The lowest BCUT2D eigenvalue weighted by molar-refractivity contribution is -0.130. The van der Waals surface area contributed by atoms with Crippen molar-refractivity contribution in [3.63, 3.8) is 0 Å². The first kappa shape index (κ1) is 24.8. The molecule has 9 nitrogen and oxygen atoms in total. The molecule has 3 unspecified atom stereocenters. The minimum atomic E-state index is -1.09. The molecule has 0 bridgehead atoms. The van der Waals surface area contributed by atoms with Crippen LogP contribution in [0.2, 0.25) is 0 Å². The fourth-order valence-electron chi connectivity index (χ4n) is 3.73. The van der Waals surface area contributed by atoms with E-state index in [1.54, 1.807) is 12.1 Å². The molecule has 9 heteroatoms. The smallest absolute Gasteiger partial charge is 0.271 e. The Morgan fingerprint density at radius 3 is 2.29 bits per heavy atom. The van der Waals surface area contributed by atoms with Crippen LogP contribution in [-0.4, -0.2) is 59.0 Å². The number of amides is 3. The van der Waals surface area contributed by atoms with Crippen LogP contribution < -0.4 is 16.0 Å². The largest absolute Gasteiger partial charge is 0.391 e. The summed E-state index contributed by atoms with van der Waals surface area (Å²) in [6, 6.07) is 15.9. The SMILES string of the molecule is CNC(=O)CC(CC(O)C(Cc1ccccc1)NC(=O)c1cnc2ccccc2n1)C(=O)NC. The predicted molar refractivity (Wildman–Crippen MR) is 128 cm³/mol. The summed E-state index contributed by atoms with van der Waals surface area (Å²) in [7, 11) is 2.97. The Hall–Kier alpha value is -3.85. The average Bonchev–Trinajstić information content (AvgIpc) is 2.87. The first-order chi connectivity index (χ1) is 16.4. The molecular weight excluding hydrogens is 434 g/mol. The lowest BCUT2D eigenvalue weighted by Gasteiger charge is -2.27. The first-order valence-corrected chi connectivity index (χ1v) is 11.1. The van der Waals surface area contributed by atoms with Crippen LogP contribution in [0.25, 0.3) is 11.0 Å². The highest BCUT2D eigenvalue weighted by atomic mass is 16.3. The molecule has 34 heavy (non-hydrogen) atoms. The summed E-state index contributed by atoms with van der Waals surface area (Å²) in [5.41, 5.74) is 2.28. The van der Waals surface area contributed by atoms with Crippen molar-refractivity contribution in [3.05, 3.63) is 72.1 Å². The summed E-state index contributed by atoms with van der Waals surface area (Å²) in [4.78, 5) is 45.9. The van der Waals surface area contributed by atoms with Gasteiger partial charge in [-0.1, -0.05) is 42.5 Å². The van der Waals surface area contributed by atoms with E-state index in [-0.39, 0.29) is 30.3 Å². The second-order valence-corrected chi connectivity index (χ2v) is 8.01. The lowest BCUT2D eigenvalue weighted by Crippen LogP contribution is -2.47. The van der Waals surface area contributed by atoms with Gasteiger partial charge in [-0.05, 0) is 30.5 Å². The minimum absolute atomic E-state index is 0.00568. The van der Waals surface area contributed by atoms with Crippen LogP contribution in [0.15, 0.2) is 60.8 Å². The zero-order valence-corrected chi connectivity index (χ0v) is 19.2. The van der Waals surface area contributed by atoms with E-state index in [1.165, 1.54) is 20.3 Å². The normalized spacial score (nSPS) is 13.5. The lowest BCUT2D eigenvalue weighted by atomic mass is 9.90. The minimum Gasteiger partial charge on any atom is -0.391 e. The Kier molecular flexibility index (Phi) is 8.64. The molecule has 0 aliphatic carbocycles. The number of fused-ring (bicyclic) bond motifs is 1. The molecule has 178 valence electrons. The molecule has 3 aromatic rings. The van der Waals surface area contributed by atoms with Gasteiger partial charge in [0.2, 0.25) is 11.8 Å². The number of aliphatic hydroxyl groups is 1. The maximum absolute atomic E-state index is 13.0. The van der Waals surface area contributed by atoms with Gasteiger partial charge in [-0.3, -0.25) is 19.4 Å². The van der Waals surface area contributed by atoms with Crippen molar-refractivity contribution < 1.29 is 19.5 Å². The van der Waals surface area contributed by atoms with Crippen LogP contribution in [0, 0.1) is 5.92 Å². The van der Waals surface area contributed by atoms with Gasteiger partial charge in [-0.2, -0.15) is 0 Å². The predicted octanol–water partition coefficient (Wildman–Crippen LogP) is 1.22. The highest BCUT2D eigenvalue weighted by Gasteiger charge is 2.30. The third-order valence-corrected chi connectivity index (χ3v) is 5.61. The average molecular weight is 464 g/mol. The van der Waals surface area contributed by atoms with Crippen molar-refractivity contribution in [1.82, 2.24) is 25.9 Å². The second kappa shape index (κ2) is 11.9. The number of aromatic nitrogens is 2. The van der Waals surface area contributed by atoms with Crippen molar-refractivity contribution in [2.45, 2.75) is 31.4 Å². The van der Waals surface area contributed by atoms with Crippen LogP contribution in [0.4, 0.5) is 0 Å². The third kappa shape index (κ3) is 6.58. The van der Waals surface area contributed by atoms with E-state index >= 15 is 0 Å². The Morgan fingerprint density at radius 2 is 1.62 bits per heavy atom. The summed E-state index contributed by atoms with van der Waals surface area (Å²) in [5, 5.41) is 19.0. The second-order valence-electron chi connectivity index (χ2n) is 8.01. The van der Waals surface area contributed by atoms with E-state index in [0.717, 1.165) is 5.56 Å². The zero-order chi connectivity index (χ0) is 24.5. The van der Waals surface area contributed by atoms with Crippen LogP contribution in [0.1, 0.15) is 28.9 Å². The van der Waals surface area contributed by atoms with Crippen LogP contribution in [0.5, 0.6) is 0 Å². The molecular formula is C25H29N5O4. The van der Waals surface area contributed by atoms with Gasteiger partial charge in [0, 0.05) is 26.4 Å². The fourth-order valence-corrected chi connectivity index (χ4v) is 3.73. The van der Waals surface area contributed by atoms with E-state index < -0.39 is 24.0 Å². The van der Waals surface area contributed by atoms with Crippen molar-refractivity contribution >= 4 is 28.8 Å². The first-order valence-electron chi connectivity index (χ1n) is 11.1. The van der Waals surface area contributed by atoms with Gasteiger partial charge in [0.15, 0.2) is 0 Å². The van der Waals surface area contributed by atoms with Gasteiger partial charge in [0.05, 0.1) is 29.4 Å². The maximum atomic E-state index is 13.0. The highest BCUT2D eigenvalue weighted by Crippen LogP contribution is 2.18. The van der Waals surface area contributed by atoms with Crippen molar-refractivity contribution in [2.75, 3.05) is 14.1 Å². The highest BCUT2D eigenvalue weighted by molar-refractivity contribution is 5.94. The van der Waals surface area contributed by atoms with Gasteiger partial charge in [-0.25, -0.2) is 4.98 Å². The molecule has 0 saturated carbocycles. The molecule has 4 N–H and O–H groups in total. The number of carbonyl (C=O) groups excluding carboxylic acids is 3. The number of carbonyl (C=O) groups is 3. The maximum Gasteiger partial charge on any atom is 0.271 e. The van der Waals surface area contributed by atoms with Crippen molar-refractivity contribution in [1.29, 1.82) is 0 Å². The summed E-state index contributed by atoms with van der Waals surface area (Å²) in [6.07, 6.45) is 0.547. The summed E-state index contributed by atoms with van der Waals surface area (Å²) in [6.45, 7) is 0. The van der Waals surface area contributed by atoms with E-state index in [0.29, 0.717) is 17.5 Å². The summed E-state index contributed by atoms with van der Waals surface area (Å²) in [5.74, 6) is -1.90. The van der Waals surface area contributed by atoms with E-state index in [9.17, 15) is 19.5 Å². The van der Waals surface area contributed by atoms with E-state index in [2.05, 4.69) is 25.9 Å². The number of rotatable bonds is 10. The van der Waals surface area contributed by atoms with Crippen LogP contribution in [-0.2, 0) is 16.0 Å². The standard InChI is InChI=1S/C25H29N5O4/c1-26-23(32)14-17(24(33)27-2)13-22(31)20(12-16-8-4-3-5-9-16)30-25(34)21-15-28-18-10-6-7-11-19(18)29-21/h3-11,15,17,20,22,31H,12-14H2,1-2H3,(H,26,32)(H,27,33)(H,30,34). The van der Waals surface area contributed by atoms with Gasteiger partial charge in [0.25, 0.3) is 5.91 Å². The molecule has 0 aliphatic rings. The van der Waals surface area contributed by atoms with E-state index in [4.69, 9.17) is 0 Å². The third-order valence-electron chi connectivity index (χ3n) is 5.61. The molecule has 0 aliphatic heterocycles. The summed E-state index contributed by atoms with van der Waals surface area (Å²) < 4.78 is 0. The molecule has 3 atom stereocenters. The van der Waals surface area contributed by atoms with Gasteiger partial charge in [0.1, 0.15) is 5.69 Å². The quantitative estimate of drug-likeness (QED) is 0.357. The van der Waals surface area contributed by atoms with Crippen molar-refractivity contribution in [3.8, 4) is 0 Å². The number of aliphatic hydroxyl groups excluding tert-OH is 1. The Balaban J connectivity index is 1.82. The Morgan fingerprint density at radius 1 is 0.941 bits per heavy atom. The number of benzene rings is 2. The molecule has 1 heterocycles. The summed E-state index contributed by atoms with van der Waals surface area (Å²) >= 11 is 0. The molecule has 0 fully saturated rings. The van der Waals surface area contributed by atoms with Crippen molar-refractivity contribution in [2.24, 2.45) is 5.92 Å². The van der Waals surface area contributed by atoms with Crippen LogP contribution in [0.3, 0.4) is 0 Å².